The second-order valence-corrected chi connectivity index (χ2v) is 6.20. The number of hydrogen-bond donors (Lipinski definition) is 3. The molecule has 0 amide bonds. The number of rotatable bonds is 5. The molecule has 0 fully saturated rings. The number of amidine groups is 1. The number of benzene rings is 1. The Hall–Kier alpha value is -2.77. The summed E-state index contributed by atoms with van der Waals surface area (Å²) in [6.45, 7) is 0. The van der Waals surface area contributed by atoms with Gasteiger partial charge in [-0.15, -0.1) is 0 Å². The summed E-state index contributed by atoms with van der Waals surface area (Å²) in [5, 5.41) is 19.7. The van der Waals surface area contributed by atoms with Gasteiger partial charge < -0.3 is 5.73 Å². The van der Waals surface area contributed by atoms with Crippen molar-refractivity contribution in [3.8, 4) is 6.07 Å². The molecular formula is C15H10ClF3N6S. The van der Waals surface area contributed by atoms with Crippen LogP contribution < -0.4 is 11.2 Å². The normalized spacial score (nSPS) is 11.7. The molecule has 0 spiro atoms. The van der Waals surface area contributed by atoms with Crippen molar-refractivity contribution in [2.45, 2.75) is 16.1 Å². The van der Waals surface area contributed by atoms with Crippen LogP contribution in [0.1, 0.15) is 5.56 Å². The number of halogens is 4. The van der Waals surface area contributed by atoms with Crippen LogP contribution >= 0.6 is 23.4 Å². The minimum Gasteiger partial charge on any atom is -0.382 e. The van der Waals surface area contributed by atoms with Crippen LogP contribution in [0.2, 0.25) is 5.02 Å². The van der Waals surface area contributed by atoms with Crippen LogP contribution in [0.15, 0.2) is 51.6 Å². The standard InChI is InChI=1S/C15H10ClF3N6S/c16-11-5-8(15(17,18)19)7-23-14(11)26-10-3-1-9(2-4-10)24-25-12(6-20)13(21)22/h1-5,7,24H,(H3,21,22)/b25-12+. The molecule has 2 rings (SSSR count). The highest BCUT2D eigenvalue weighted by Crippen LogP contribution is 2.36. The molecule has 26 heavy (non-hydrogen) atoms. The quantitative estimate of drug-likeness (QED) is 0.398. The minimum absolute atomic E-state index is 0.100. The highest BCUT2D eigenvalue weighted by molar-refractivity contribution is 7.99. The average Bonchev–Trinajstić information content (AvgIpc) is 2.57. The highest BCUT2D eigenvalue weighted by Gasteiger charge is 2.31. The van der Waals surface area contributed by atoms with E-state index in [1.165, 1.54) is 0 Å². The van der Waals surface area contributed by atoms with E-state index in [1.54, 1.807) is 30.3 Å². The molecule has 0 radical (unpaired) electrons. The summed E-state index contributed by atoms with van der Waals surface area (Å²) in [7, 11) is 0. The van der Waals surface area contributed by atoms with Gasteiger partial charge in [-0.2, -0.15) is 23.5 Å². The third kappa shape index (κ3) is 5.11. The maximum absolute atomic E-state index is 12.6. The number of alkyl halides is 3. The van der Waals surface area contributed by atoms with Crippen LogP contribution in [0, 0.1) is 16.7 Å². The minimum atomic E-state index is -4.50. The van der Waals surface area contributed by atoms with Crippen molar-refractivity contribution in [3.63, 3.8) is 0 Å². The summed E-state index contributed by atoms with van der Waals surface area (Å²) in [6, 6.07) is 9.07. The summed E-state index contributed by atoms with van der Waals surface area (Å²) in [5.41, 5.74) is 7.09. The summed E-state index contributed by atoms with van der Waals surface area (Å²) in [5.74, 6) is -0.463. The molecule has 0 bridgehead atoms. The van der Waals surface area contributed by atoms with Gasteiger partial charge in [-0.1, -0.05) is 23.4 Å². The molecule has 0 aliphatic carbocycles. The Morgan fingerprint density at radius 1 is 1.35 bits per heavy atom. The van der Waals surface area contributed by atoms with E-state index >= 15 is 0 Å². The Labute approximate surface area is 155 Å². The second kappa shape index (κ2) is 8.07. The average molecular weight is 399 g/mol. The van der Waals surface area contributed by atoms with E-state index in [2.05, 4.69) is 15.5 Å². The molecule has 6 nitrogen and oxygen atoms in total. The lowest BCUT2D eigenvalue weighted by Gasteiger charge is -2.09. The molecule has 11 heteroatoms. The fourth-order valence-corrected chi connectivity index (χ4v) is 2.67. The van der Waals surface area contributed by atoms with Gasteiger partial charge in [0.2, 0.25) is 5.71 Å². The van der Waals surface area contributed by atoms with Crippen molar-refractivity contribution in [3.05, 3.63) is 47.1 Å². The largest absolute Gasteiger partial charge is 0.417 e. The zero-order chi connectivity index (χ0) is 19.3. The third-order valence-electron chi connectivity index (χ3n) is 2.86. The zero-order valence-electron chi connectivity index (χ0n) is 12.8. The number of aromatic nitrogens is 1. The number of nitrogens with zero attached hydrogens (tertiary/aromatic N) is 3. The SMILES string of the molecule is N#C/C(=N\Nc1ccc(Sc2ncc(C(F)(F)F)cc2Cl)cc1)C(=N)N. The van der Waals surface area contributed by atoms with Gasteiger partial charge in [-0.25, -0.2) is 4.98 Å². The van der Waals surface area contributed by atoms with Gasteiger partial charge in [-0.3, -0.25) is 10.8 Å². The number of pyridine rings is 1. The maximum atomic E-state index is 12.6. The molecule has 134 valence electrons. The lowest BCUT2D eigenvalue weighted by molar-refractivity contribution is -0.137. The smallest absolute Gasteiger partial charge is 0.382 e. The van der Waals surface area contributed by atoms with Gasteiger partial charge in [0, 0.05) is 11.1 Å². The molecule has 0 unspecified atom stereocenters. The topological polar surface area (TPSA) is 111 Å². The van der Waals surface area contributed by atoms with Crippen LogP contribution in [0.5, 0.6) is 0 Å². The Morgan fingerprint density at radius 2 is 2.00 bits per heavy atom. The summed E-state index contributed by atoms with van der Waals surface area (Å²) >= 11 is 6.97. The van der Waals surface area contributed by atoms with Crippen LogP contribution in [0.25, 0.3) is 0 Å². The predicted molar refractivity (Wildman–Crippen MR) is 93.4 cm³/mol. The molecule has 0 atom stereocenters. The van der Waals surface area contributed by atoms with Crippen LogP contribution in [0.4, 0.5) is 18.9 Å². The molecule has 1 heterocycles. The Morgan fingerprint density at radius 3 is 2.50 bits per heavy atom. The molecule has 4 N–H and O–H groups in total. The third-order valence-corrected chi connectivity index (χ3v) is 4.29. The van der Waals surface area contributed by atoms with Crippen molar-refractivity contribution in [1.82, 2.24) is 4.98 Å². The number of nitrogens with two attached hydrogens (primary N) is 1. The van der Waals surface area contributed by atoms with Gasteiger partial charge in [-0.05, 0) is 30.3 Å². The molecule has 0 saturated heterocycles. The van der Waals surface area contributed by atoms with E-state index < -0.39 is 17.6 Å². The van der Waals surface area contributed by atoms with E-state index in [0.717, 1.165) is 24.0 Å². The van der Waals surface area contributed by atoms with E-state index in [4.69, 9.17) is 28.0 Å². The van der Waals surface area contributed by atoms with Crippen molar-refractivity contribution in [2.24, 2.45) is 10.8 Å². The van der Waals surface area contributed by atoms with E-state index in [-0.39, 0.29) is 15.8 Å². The highest BCUT2D eigenvalue weighted by atomic mass is 35.5. The van der Waals surface area contributed by atoms with Gasteiger partial charge >= 0.3 is 6.18 Å². The van der Waals surface area contributed by atoms with Crippen molar-refractivity contribution >= 4 is 40.6 Å². The van der Waals surface area contributed by atoms with E-state index in [9.17, 15) is 13.2 Å². The Kier molecular flexibility index (Phi) is 6.07. The fraction of sp³-hybridized carbons (Fsp3) is 0.0667. The van der Waals surface area contributed by atoms with Crippen molar-refractivity contribution < 1.29 is 13.2 Å². The van der Waals surface area contributed by atoms with Crippen LogP contribution in [-0.4, -0.2) is 16.5 Å². The Bertz CT molecular complexity index is 890. The predicted octanol–water partition coefficient (Wildman–Crippen LogP) is 4.13. The van der Waals surface area contributed by atoms with Crippen LogP contribution in [-0.2, 0) is 6.18 Å². The molecule has 0 aliphatic heterocycles. The summed E-state index contributed by atoms with van der Waals surface area (Å²) < 4.78 is 37.8. The number of hydrazone groups is 1. The van der Waals surface area contributed by atoms with Crippen molar-refractivity contribution in [2.75, 3.05) is 5.43 Å². The second-order valence-electron chi connectivity index (χ2n) is 4.73. The molecule has 2 aromatic rings. The maximum Gasteiger partial charge on any atom is 0.417 e. The summed E-state index contributed by atoms with van der Waals surface area (Å²) in [6.07, 6.45) is -3.78. The first-order chi connectivity index (χ1) is 12.2. The first-order valence-electron chi connectivity index (χ1n) is 6.79. The number of anilines is 1. The van der Waals surface area contributed by atoms with E-state index in [0.29, 0.717) is 10.6 Å². The monoisotopic (exact) mass is 398 g/mol. The molecule has 1 aromatic carbocycles. The van der Waals surface area contributed by atoms with E-state index in [1.807, 2.05) is 0 Å². The fourth-order valence-electron chi connectivity index (χ4n) is 1.63. The number of hydrogen-bond acceptors (Lipinski definition) is 6. The van der Waals surface area contributed by atoms with Crippen LogP contribution in [0.3, 0.4) is 0 Å². The van der Waals surface area contributed by atoms with Gasteiger partial charge in [0.25, 0.3) is 0 Å². The molecular weight excluding hydrogens is 389 g/mol. The van der Waals surface area contributed by atoms with Gasteiger partial charge in [0.1, 0.15) is 11.1 Å². The Balaban J connectivity index is 2.10. The summed E-state index contributed by atoms with van der Waals surface area (Å²) in [4.78, 5) is 4.43. The molecule has 0 aliphatic rings. The van der Waals surface area contributed by atoms with Crippen molar-refractivity contribution in [1.29, 1.82) is 10.7 Å². The van der Waals surface area contributed by atoms with Gasteiger partial charge in [0.15, 0.2) is 5.84 Å². The molecule has 1 aromatic heterocycles. The number of nitriles is 1. The molecule has 0 saturated carbocycles. The first kappa shape index (κ1) is 19.6. The number of nitrogens with one attached hydrogen (secondary N) is 2. The lowest BCUT2D eigenvalue weighted by Crippen LogP contribution is -2.21. The zero-order valence-corrected chi connectivity index (χ0v) is 14.4. The van der Waals surface area contributed by atoms with Gasteiger partial charge in [0.05, 0.1) is 16.3 Å². The first-order valence-corrected chi connectivity index (χ1v) is 7.99. The lowest BCUT2D eigenvalue weighted by atomic mass is 10.3.